The number of nitrogens with one attached hydrogen (secondary N) is 1. The van der Waals surface area contributed by atoms with Gasteiger partial charge in [0.15, 0.2) is 0 Å². The predicted molar refractivity (Wildman–Crippen MR) is 125 cm³/mol. The maximum atomic E-state index is 13.0. The molecule has 0 fully saturated rings. The first-order chi connectivity index (χ1) is 15.1. The van der Waals surface area contributed by atoms with Gasteiger partial charge in [0.25, 0.3) is 5.69 Å². The number of imidazole rings is 1. The highest BCUT2D eigenvalue weighted by molar-refractivity contribution is 5.92. The molecule has 0 unspecified atom stereocenters. The number of benzene rings is 2. The zero-order valence-corrected chi connectivity index (χ0v) is 19.0. The zero-order valence-electron chi connectivity index (χ0n) is 19.0. The molecule has 1 heterocycles. The Hall–Kier alpha value is -3.68. The van der Waals surface area contributed by atoms with Crippen LogP contribution in [-0.2, 0) is 11.3 Å². The molecule has 0 radical (unpaired) electrons. The quantitative estimate of drug-likeness (QED) is 0.427. The third-order valence-corrected chi connectivity index (χ3v) is 5.38. The summed E-state index contributed by atoms with van der Waals surface area (Å²) < 4.78 is 2.68. The SMILES string of the molecule is Cc1cn(CC(=O)Nc2c(C(C)C)cccc2C(C)C)c(=O)n1-c1cccc([N+](=O)[O-])c1. The number of hydrogen-bond acceptors (Lipinski definition) is 4. The number of nitrogens with zero attached hydrogens (tertiary/aromatic N) is 3. The van der Waals surface area contributed by atoms with Crippen LogP contribution in [-0.4, -0.2) is 20.0 Å². The van der Waals surface area contributed by atoms with Crippen LogP contribution in [0.15, 0.2) is 53.5 Å². The minimum absolute atomic E-state index is 0.106. The van der Waals surface area contributed by atoms with Crippen molar-refractivity contribution in [2.75, 3.05) is 5.32 Å². The summed E-state index contributed by atoms with van der Waals surface area (Å²) >= 11 is 0. The van der Waals surface area contributed by atoms with Gasteiger partial charge in [0, 0.05) is 29.7 Å². The summed E-state index contributed by atoms with van der Waals surface area (Å²) in [5.74, 6) is 0.145. The second-order valence-corrected chi connectivity index (χ2v) is 8.46. The van der Waals surface area contributed by atoms with E-state index in [1.54, 1.807) is 19.2 Å². The molecule has 3 aromatic rings. The van der Waals surface area contributed by atoms with Crippen LogP contribution in [0, 0.1) is 17.0 Å². The largest absolute Gasteiger partial charge is 0.333 e. The first kappa shape index (κ1) is 23.0. The smallest absolute Gasteiger partial charge is 0.324 e. The highest BCUT2D eigenvalue weighted by atomic mass is 16.6. The Labute approximate surface area is 186 Å². The molecule has 0 aliphatic heterocycles. The van der Waals surface area contributed by atoms with Gasteiger partial charge in [-0.2, -0.15) is 0 Å². The van der Waals surface area contributed by atoms with E-state index < -0.39 is 10.6 Å². The number of carbonyl (C=O) groups is 1. The fourth-order valence-corrected chi connectivity index (χ4v) is 3.82. The Kier molecular flexibility index (Phi) is 6.62. The van der Waals surface area contributed by atoms with E-state index >= 15 is 0 Å². The molecule has 0 aliphatic rings. The van der Waals surface area contributed by atoms with Gasteiger partial charge in [0.05, 0.1) is 10.6 Å². The highest BCUT2D eigenvalue weighted by Crippen LogP contribution is 2.32. The number of carbonyl (C=O) groups excluding carboxylic acids is 1. The van der Waals surface area contributed by atoms with Crippen LogP contribution in [0.5, 0.6) is 0 Å². The molecular formula is C24H28N4O4. The van der Waals surface area contributed by atoms with Crippen molar-refractivity contribution in [3.05, 3.63) is 86.1 Å². The summed E-state index contributed by atoms with van der Waals surface area (Å²) in [6, 6.07) is 11.9. The van der Waals surface area contributed by atoms with E-state index in [2.05, 4.69) is 33.0 Å². The molecule has 1 N–H and O–H groups in total. The number of hydrogen-bond donors (Lipinski definition) is 1. The Morgan fingerprint density at radius 1 is 1.06 bits per heavy atom. The van der Waals surface area contributed by atoms with Gasteiger partial charge >= 0.3 is 5.69 Å². The lowest BCUT2D eigenvalue weighted by Crippen LogP contribution is -2.29. The molecule has 0 saturated heterocycles. The van der Waals surface area contributed by atoms with Crippen LogP contribution in [0.3, 0.4) is 0 Å². The molecule has 168 valence electrons. The number of aromatic nitrogens is 2. The lowest BCUT2D eigenvalue weighted by Gasteiger charge is -2.20. The summed E-state index contributed by atoms with van der Waals surface area (Å²) in [6.07, 6.45) is 1.58. The third kappa shape index (κ3) is 4.64. The molecule has 0 spiro atoms. The minimum atomic E-state index is -0.507. The molecule has 3 rings (SSSR count). The van der Waals surface area contributed by atoms with Crippen LogP contribution in [0.1, 0.15) is 56.4 Å². The Balaban J connectivity index is 1.91. The van der Waals surface area contributed by atoms with Crippen molar-refractivity contribution < 1.29 is 9.72 Å². The first-order valence-electron chi connectivity index (χ1n) is 10.6. The fraction of sp³-hybridized carbons (Fsp3) is 0.333. The van der Waals surface area contributed by atoms with Gasteiger partial charge in [0.2, 0.25) is 5.91 Å². The van der Waals surface area contributed by atoms with Crippen LogP contribution >= 0.6 is 0 Å². The highest BCUT2D eigenvalue weighted by Gasteiger charge is 2.18. The molecule has 0 aliphatic carbocycles. The van der Waals surface area contributed by atoms with Crippen molar-refractivity contribution in [2.24, 2.45) is 0 Å². The van der Waals surface area contributed by atoms with Crippen LogP contribution in [0.2, 0.25) is 0 Å². The van der Waals surface area contributed by atoms with Crippen LogP contribution < -0.4 is 11.0 Å². The van der Waals surface area contributed by atoms with Crippen LogP contribution in [0.25, 0.3) is 5.69 Å². The first-order valence-corrected chi connectivity index (χ1v) is 10.6. The van der Waals surface area contributed by atoms with Gasteiger partial charge in [0.1, 0.15) is 6.54 Å². The summed E-state index contributed by atoms with van der Waals surface area (Å²) in [5, 5.41) is 14.1. The Bertz CT molecular complexity index is 1190. The molecule has 32 heavy (non-hydrogen) atoms. The molecule has 0 bridgehead atoms. The van der Waals surface area contributed by atoms with Crippen molar-refractivity contribution in [3.63, 3.8) is 0 Å². The van der Waals surface area contributed by atoms with Crippen molar-refractivity contribution in [1.29, 1.82) is 0 Å². The van der Waals surface area contributed by atoms with Gasteiger partial charge in [-0.1, -0.05) is 52.0 Å². The summed E-state index contributed by atoms with van der Waals surface area (Å²) in [4.78, 5) is 36.5. The van der Waals surface area contributed by atoms with Gasteiger partial charge in [-0.15, -0.1) is 0 Å². The second-order valence-electron chi connectivity index (χ2n) is 8.46. The Morgan fingerprint density at radius 2 is 1.66 bits per heavy atom. The summed E-state index contributed by atoms with van der Waals surface area (Å²) in [6.45, 7) is 9.85. The molecule has 8 nitrogen and oxygen atoms in total. The third-order valence-electron chi connectivity index (χ3n) is 5.38. The Morgan fingerprint density at radius 3 is 2.22 bits per heavy atom. The van der Waals surface area contributed by atoms with E-state index in [9.17, 15) is 19.7 Å². The van der Waals surface area contributed by atoms with Gasteiger partial charge in [-0.05, 0) is 36.0 Å². The fourth-order valence-electron chi connectivity index (χ4n) is 3.82. The van der Waals surface area contributed by atoms with Crippen molar-refractivity contribution in [2.45, 2.75) is 53.0 Å². The number of non-ortho nitro benzene ring substituents is 1. The number of aryl methyl sites for hydroxylation is 1. The van der Waals surface area contributed by atoms with E-state index in [1.165, 1.54) is 27.3 Å². The maximum absolute atomic E-state index is 13.0. The molecule has 0 saturated carbocycles. The van der Waals surface area contributed by atoms with Gasteiger partial charge < -0.3 is 5.32 Å². The van der Waals surface area contributed by atoms with Crippen molar-refractivity contribution in [1.82, 2.24) is 9.13 Å². The number of amides is 1. The monoisotopic (exact) mass is 436 g/mol. The predicted octanol–water partition coefficient (Wildman–Crippen LogP) is 4.74. The van der Waals surface area contributed by atoms with E-state index in [0.717, 1.165) is 16.8 Å². The van der Waals surface area contributed by atoms with Crippen molar-refractivity contribution >= 4 is 17.3 Å². The average Bonchev–Trinajstić information content (AvgIpc) is 3.00. The number of nitro groups is 1. The lowest BCUT2D eigenvalue weighted by atomic mass is 9.92. The van der Waals surface area contributed by atoms with E-state index in [0.29, 0.717) is 11.4 Å². The molecule has 1 aromatic heterocycles. The van der Waals surface area contributed by atoms with E-state index in [-0.39, 0.29) is 30.0 Å². The molecular weight excluding hydrogens is 408 g/mol. The van der Waals surface area contributed by atoms with Crippen LogP contribution in [0.4, 0.5) is 11.4 Å². The van der Waals surface area contributed by atoms with E-state index in [1.807, 2.05) is 18.2 Å². The number of rotatable bonds is 7. The normalized spacial score (nSPS) is 11.2. The standard InChI is InChI=1S/C24H28N4O4/c1-15(2)20-10-7-11-21(16(3)4)23(20)25-22(29)14-26-13-17(5)27(24(26)30)18-8-6-9-19(12-18)28(31)32/h6-13,15-16H,14H2,1-5H3,(H,25,29). The molecule has 8 heteroatoms. The second kappa shape index (κ2) is 9.21. The number of anilines is 1. The van der Waals surface area contributed by atoms with Crippen molar-refractivity contribution in [3.8, 4) is 5.69 Å². The molecule has 1 amide bonds. The van der Waals surface area contributed by atoms with Gasteiger partial charge in [-0.3, -0.25) is 24.0 Å². The molecule has 2 aromatic carbocycles. The lowest BCUT2D eigenvalue weighted by molar-refractivity contribution is -0.384. The zero-order chi connectivity index (χ0) is 23.6. The maximum Gasteiger partial charge on any atom is 0.333 e. The topological polar surface area (TPSA) is 99.2 Å². The van der Waals surface area contributed by atoms with E-state index in [4.69, 9.17) is 0 Å². The average molecular weight is 437 g/mol. The summed E-state index contributed by atoms with van der Waals surface area (Å²) in [7, 11) is 0. The molecule has 0 atom stereocenters. The summed E-state index contributed by atoms with van der Waals surface area (Å²) in [5.41, 5.74) is 3.31. The number of para-hydroxylation sites is 1. The minimum Gasteiger partial charge on any atom is -0.324 e. The van der Waals surface area contributed by atoms with Gasteiger partial charge in [-0.25, -0.2) is 4.79 Å². The number of nitro benzene ring substituents is 1.